The van der Waals surface area contributed by atoms with E-state index in [2.05, 4.69) is 34.1 Å². The third kappa shape index (κ3) is 6.02. The lowest BCUT2D eigenvalue weighted by Crippen LogP contribution is -2.48. The van der Waals surface area contributed by atoms with Gasteiger partial charge < -0.3 is 9.84 Å². The first kappa shape index (κ1) is 19.3. The number of hydrogen-bond acceptors (Lipinski definition) is 6. The van der Waals surface area contributed by atoms with Gasteiger partial charge in [0.2, 0.25) is 0 Å². The Morgan fingerprint density at radius 3 is 2.44 bits per heavy atom. The van der Waals surface area contributed by atoms with Crippen molar-refractivity contribution in [3.63, 3.8) is 0 Å². The van der Waals surface area contributed by atoms with Gasteiger partial charge in [-0.05, 0) is 11.6 Å². The number of piperazine rings is 1. The van der Waals surface area contributed by atoms with Crippen molar-refractivity contribution in [1.82, 2.24) is 9.80 Å². The molecule has 0 aliphatic carbocycles. The zero-order chi connectivity index (χ0) is 19.1. The summed E-state index contributed by atoms with van der Waals surface area (Å²) < 4.78 is 5.51. The lowest BCUT2D eigenvalue weighted by atomic mass is 10.2. The Labute approximate surface area is 158 Å². The molecule has 0 aromatic heterocycles. The van der Waals surface area contributed by atoms with Gasteiger partial charge in [-0.1, -0.05) is 36.4 Å². The summed E-state index contributed by atoms with van der Waals surface area (Å²) in [6.07, 6.45) is -0.634. The van der Waals surface area contributed by atoms with Gasteiger partial charge in [-0.2, -0.15) is 0 Å². The van der Waals surface area contributed by atoms with E-state index in [-0.39, 0.29) is 12.3 Å². The molecule has 0 amide bonds. The number of β-amino-alcohol motifs (C(OH)–C–C–N with tert-alkyl or cyclic N) is 1. The second-order valence-corrected chi connectivity index (χ2v) is 6.78. The van der Waals surface area contributed by atoms with Gasteiger partial charge in [-0.25, -0.2) is 0 Å². The number of ether oxygens (including phenoxy) is 1. The van der Waals surface area contributed by atoms with Crippen molar-refractivity contribution in [2.24, 2.45) is 0 Å². The Kier molecular flexibility index (Phi) is 6.75. The van der Waals surface area contributed by atoms with Crippen LogP contribution in [0.4, 0.5) is 5.69 Å². The average molecular weight is 371 g/mol. The van der Waals surface area contributed by atoms with E-state index in [9.17, 15) is 15.2 Å². The number of aliphatic hydroxyl groups is 1. The Morgan fingerprint density at radius 2 is 1.74 bits per heavy atom. The first-order valence-electron chi connectivity index (χ1n) is 9.14. The molecule has 27 heavy (non-hydrogen) atoms. The maximum absolute atomic E-state index is 10.8. The second-order valence-electron chi connectivity index (χ2n) is 6.78. The fourth-order valence-corrected chi connectivity index (χ4v) is 3.20. The number of nitro benzene ring substituents is 1. The van der Waals surface area contributed by atoms with Crippen LogP contribution >= 0.6 is 0 Å². The van der Waals surface area contributed by atoms with Crippen molar-refractivity contribution in [1.29, 1.82) is 0 Å². The average Bonchev–Trinajstić information content (AvgIpc) is 2.69. The van der Waals surface area contributed by atoms with E-state index in [1.165, 1.54) is 17.7 Å². The molecule has 144 valence electrons. The number of benzene rings is 2. The topological polar surface area (TPSA) is 79.1 Å². The molecule has 0 radical (unpaired) electrons. The number of nitro groups is 1. The van der Waals surface area contributed by atoms with Gasteiger partial charge >= 0.3 is 0 Å². The first-order valence-corrected chi connectivity index (χ1v) is 9.14. The molecule has 0 saturated carbocycles. The lowest BCUT2D eigenvalue weighted by molar-refractivity contribution is -0.384. The van der Waals surface area contributed by atoms with Crippen molar-refractivity contribution in [3.05, 3.63) is 70.3 Å². The molecule has 2 aromatic carbocycles. The van der Waals surface area contributed by atoms with Gasteiger partial charge in [0.05, 0.1) is 11.0 Å². The molecular formula is C20H25N3O4. The van der Waals surface area contributed by atoms with E-state index in [1.807, 2.05) is 6.07 Å². The quantitative estimate of drug-likeness (QED) is 0.566. The largest absolute Gasteiger partial charge is 0.491 e. The highest BCUT2D eigenvalue weighted by Crippen LogP contribution is 2.19. The molecule has 1 aliphatic rings. The number of rotatable bonds is 8. The van der Waals surface area contributed by atoms with Crippen molar-refractivity contribution >= 4 is 5.69 Å². The smallest absolute Gasteiger partial charge is 0.273 e. The number of nitrogens with zero attached hydrogens (tertiary/aromatic N) is 3. The Morgan fingerprint density at radius 1 is 1.04 bits per heavy atom. The van der Waals surface area contributed by atoms with Crippen molar-refractivity contribution in [2.75, 3.05) is 39.3 Å². The van der Waals surface area contributed by atoms with E-state index in [0.29, 0.717) is 12.3 Å². The molecule has 1 heterocycles. The van der Waals surface area contributed by atoms with E-state index in [4.69, 9.17) is 4.74 Å². The minimum atomic E-state index is -0.634. The molecule has 1 N–H and O–H groups in total. The summed E-state index contributed by atoms with van der Waals surface area (Å²) in [5, 5.41) is 21.0. The summed E-state index contributed by atoms with van der Waals surface area (Å²) in [4.78, 5) is 15.0. The third-order valence-corrected chi connectivity index (χ3v) is 4.65. The van der Waals surface area contributed by atoms with Crippen LogP contribution in [0.2, 0.25) is 0 Å². The van der Waals surface area contributed by atoms with Gasteiger partial charge in [0.25, 0.3) is 5.69 Å². The molecule has 3 rings (SSSR count). The number of non-ortho nitro benzene ring substituents is 1. The summed E-state index contributed by atoms with van der Waals surface area (Å²) in [7, 11) is 0. The van der Waals surface area contributed by atoms with E-state index >= 15 is 0 Å². The standard InChI is InChI=1S/C20H25N3O4/c24-19(16-27-20-8-4-7-18(13-20)23(25)26)15-22-11-9-21(10-12-22)14-17-5-2-1-3-6-17/h1-8,13,19,24H,9-12,14-16H2. The van der Waals surface area contributed by atoms with Gasteiger partial charge in [-0.3, -0.25) is 19.9 Å². The van der Waals surface area contributed by atoms with Crippen LogP contribution in [0.5, 0.6) is 5.75 Å². The monoisotopic (exact) mass is 371 g/mol. The zero-order valence-electron chi connectivity index (χ0n) is 15.2. The summed E-state index contributed by atoms with van der Waals surface area (Å²) in [5.41, 5.74) is 1.30. The number of hydrogen-bond donors (Lipinski definition) is 1. The zero-order valence-corrected chi connectivity index (χ0v) is 15.2. The third-order valence-electron chi connectivity index (χ3n) is 4.65. The highest BCUT2D eigenvalue weighted by Gasteiger charge is 2.19. The van der Waals surface area contributed by atoms with E-state index < -0.39 is 11.0 Å². The van der Waals surface area contributed by atoms with Crippen LogP contribution < -0.4 is 4.74 Å². The maximum Gasteiger partial charge on any atom is 0.273 e. The molecule has 1 fully saturated rings. The summed E-state index contributed by atoms with van der Waals surface area (Å²) in [6.45, 7) is 5.34. The molecule has 0 spiro atoms. The van der Waals surface area contributed by atoms with Gasteiger partial charge in [0, 0.05) is 45.3 Å². The molecule has 0 bridgehead atoms. The maximum atomic E-state index is 10.8. The van der Waals surface area contributed by atoms with Crippen LogP contribution in [0.15, 0.2) is 54.6 Å². The SMILES string of the molecule is O=[N+]([O-])c1cccc(OCC(O)CN2CCN(Cc3ccccc3)CC2)c1. The molecule has 1 atom stereocenters. The van der Waals surface area contributed by atoms with Crippen molar-refractivity contribution in [3.8, 4) is 5.75 Å². The van der Waals surface area contributed by atoms with E-state index in [1.54, 1.807) is 12.1 Å². The Balaban J connectivity index is 1.38. The van der Waals surface area contributed by atoms with Crippen molar-refractivity contribution < 1.29 is 14.8 Å². The number of aliphatic hydroxyl groups excluding tert-OH is 1. The normalized spacial score (nSPS) is 16.8. The first-order chi connectivity index (χ1) is 13.1. The highest BCUT2D eigenvalue weighted by atomic mass is 16.6. The molecular weight excluding hydrogens is 346 g/mol. The molecule has 1 unspecified atom stereocenters. The van der Waals surface area contributed by atoms with Crippen LogP contribution in [0, 0.1) is 10.1 Å². The lowest BCUT2D eigenvalue weighted by Gasteiger charge is -2.35. The summed E-state index contributed by atoms with van der Waals surface area (Å²) >= 11 is 0. The minimum absolute atomic E-state index is 0.0171. The molecule has 7 heteroatoms. The van der Waals surface area contributed by atoms with Gasteiger partial charge in [-0.15, -0.1) is 0 Å². The summed E-state index contributed by atoms with van der Waals surface area (Å²) in [6, 6.07) is 16.4. The molecule has 7 nitrogen and oxygen atoms in total. The van der Waals surface area contributed by atoms with E-state index in [0.717, 1.165) is 32.7 Å². The van der Waals surface area contributed by atoms with Crippen LogP contribution in [-0.2, 0) is 6.54 Å². The minimum Gasteiger partial charge on any atom is -0.491 e. The van der Waals surface area contributed by atoms with Gasteiger partial charge in [0.15, 0.2) is 0 Å². The fourth-order valence-electron chi connectivity index (χ4n) is 3.20. The van der Waals surface area contributed by atoms with Crippen LogP contribution in [0.25, 0.3) is 0 Å². The van der Waals surface area contributed by atoms with Crippen LogP contribution in [0.1, 0.15) is 5.56 Å². The van der Waals surface area contributed by atoms with Crippen molar-refractivity contribution in [2.45, 2.75) is 12.6 Å². The molecule has 1 aliphatic heterocycles. The van der Waals surface area contributed by atoms with Crippen LogP contribution in [-0.4, -0.2) is 65.3 Å². The Bertz CT molecular complexity index is 733. The molecule has 2 aromatic rings. The van der Waals surface area contributed by atoms with Gasteiger partial charge in [0.1, 0.15) is 18.5 Å². The predicted octanol–water partition coefficient (Wildman–Crippen LogP) is 2.15. The molecule has 1 saturated heterocycles. The highest BCUT2D eigenvalue weighted by molar-refractivity contribution is 5.37. The summed E-state index contributed by atoms with van der Waals surface area (Å²) in [5.74, 6) is 0.399. The Hall–Kier alpha value is -2.48. The van der Waals surface area contributed by atoms with Crippen LogP contribution in [0.3, 0.4) is 0 Å². The fraction of sp³-hybridized carbons (Fsp3) is 0.400. The predicted molar refractivity (Wildman–Crippen MR) is 103 cm³/mol. The second kappa shape index (κ2) is 9.45.